The molecule has 1 unspecified atom stereocenters. The van der Waals surface area contributed by atoms with Gasteiger partial charge in [0.15, 0.2) is 10.5 Å². The minimum atomic E-state index is -1.19. The Labute approximate surface area is 55.1 Å². The predicted octanol–water partition coefficient (Wildman–Crippen LogP) is 1.77. The third-order valence-electron chi connectivity index (χ3n) is 0.773. The van der Waals surface area contributed by atoms with Crippen LogP contribution in [0.4, 0.5) is 0 Å². The summed E-state index contributed by atoms with van der Waals surface area (Å²) < 4.78 is 14.0. The van der Waals surface area contributed by atoms with Crippen molar-refractivity contribution >= 4 is 22.5 Å². The van der Waals surface area contributed by atoms with E-state index < -0.39 is 10.9 Å². The zero-order valence-corrected chi connectivity index (χ0v) is 5.79. The fraction of sp³-hybridized carbons (Fsp3) is 0.250. The quantitative estimate of drug-likeness (QED) is 0.527. The Morgan fingerprint density at radius 1 is 1.88 bits per heavy atom. The zero-order valence-electron chi connectivity index (χ0n) is 4.22. The maximum absolute atomic E-state index is 10.4. The van der Waals surface area contributed by atoms with Gasteiger partial charge in [0, 0.05) is 5.56 Å². The molecule has 1 atom stereocenters. The SMILES string of the molecule is Cc1c[s+]([O-])nc1Cl. The largest absolute Gasteiger partial charge is 0.569 e. The van der Waals surface area contributed by atoms with E-state index in [1.807, 2.05) is 0 Å². The molecule has 0 N–H and O–H groups in total. The second kappa shape index (κ2) is 2.01. The van der Waals surface area contributed by atoms with Gasteiger partial charge in [0.25, 0.3) is 0 Å². The van der Waals surface area contributed by atoms with Crippen LogP contribution < -0.4 is 0 Å². The summed E-state index contributed by atoms with van der Waals surface area (Å²) in [5.74, 6) is 0. The van der Waals surface area contributed by atoms with Crippen molar-refractivity contribution < 1.29 is 4.55 Å². The van der Waals surface area contributed by atoms with Crippen LogP contribution in [0.1, 0.15) is 5.56 Å². The first-order valence-electron chi connectivity index (χ1n) is 2.04. The van der Waals surface area contributed by atoms with E-state index in [0.717, 1.165) is 5.56 Å². The summed E-state index contributed by atoms with van der Waals surface area (Å²) in [6.07, 6.45) is 0. The van der Waals surface area contributed by atoms with Gasteiger partial charge >= 0.3 is 0 Å². The summed E-state index contributed by atoms with van der Waals surface area (Å²) in [5.41, 5.74) is 0.796. The molecule has 1 heterocycles. The molecule has 0 aromatic carbocycles. The number of nitrogens with zero attached hydrogens (tertiary/aromatic N) is 1. The Hall–Kier alpha value is -0.120. The lowest BCUT2D eigenvalue weighted by atomic mass is 10.4. The second-order valence-electron chi connectivity index (χ2n) is 1.46. The molecule has 2 nitrogen and oxygen atoms in total. The highest BCUT2D eigenvalue weighted by Crippen LogP contribution is 2.19. The van der Waals surface area contributed by atoms with Gasteiger partial charge in [0.05, 0.1) is 10.9 Å². The maximum atomic E-state index is 10.4. The standard InChI is InChI=1S/C4H4ClNOS/c1-3-2-8(7)6-4(3)5/h2H,1H3. The topological polar surface area (TPSA) is 36.0 Å². The molecule has 0 amide bonds. The fourth-order valence-corrected chi connectivity index (χ4v) is 1.47. The van der Waals surface area contributed by atoms with Crippen molar-refractivity contribution in [2.45, 2.75) is 6.92 Å². The molecule has 0 aliphatic rings. The molecule has 0 fully saturated rings. The second-order valence-corrected chi connectivity index (χ2v) is 2.79. The van der Waals surface area contributed by atoms with Gasteiger partial charge in [-0.05, 0) is 11.3 Å². The molecule has 0 bridgehead atoms. The molecule has 0 aliphatic carbocycles. The molecule has 1 aromatic rings. The minimum absolute atomic E-state index is 0.364. The van der Waals surface area contributed by atoms with Crippen molar-refractivity contribution in [2.24, 2.45) is 0 Å². The maximum Gasteiger partial charge on any atom is 0.192 e. The first-order chi connectivity index (χ1) is 3.70. The lowest BCUT2D eigenvalue weighted by molar-refractivity contribution is 0.591. The van der Waals surface area contributed by atoms with E-state index in [-0.39, 0.29) is 0 Å². The summed E-state index contributed by atoms with van der Waals surface area (Å²) in [7, 11) is -1.19. The first kappa shape index (κ1) is 6.01. The van der Waals surface area contributed by atoms with Crippen LogP contribution in [0, 0.1) is 6.92 Å². The van der Waals surface area contributed by atoms with Crippen molar-refractivity contribution in [2.75, 3.05) is 0 Å². The van der Waals surface area contributed by atoms with Crippen LogP contribution in [-0.2, 0) is 0 Å². The van der Waals surface area contributed by atoms with Crippen LogP contribution >= 0.6 is 22.5 Å². The van der Waals surface area contributed by atoms with Crippen molar-refractivity contribution in [3.8, 4) is 0 Å². The smallest absolute Gasteiger partial charge is 0.192 e. The van der Waals surface area contributed by atoms with Crippen LogP contribution in [0.15, 0.2) is 5.38 Å². The number of hydrogen-bond donors (Lipinski definition) is 0. The number of rotatable bonds is 0. The van der Waals surface area contributed by atoms with Crippen molar-refractivity contribution in [1.82, 2.24) is 4.37 Å². The number of halogens is 1. The normalized spacial score (nSPS) is 12.1. The van der Waals surface area contributed by atoms with Crippen molar-refractivity contribution in [3.63, 3.8) is 0 Å². The summed E-state index contributed by atoms with van der Waals surface area (Å²) >= 11 is 5.45. The van der Waals surface area contributed by atoms with Gasteiger partial charge in [-0.15, -0.1) is 0 Å². The summed E-state index contributed by atoms with van der Waals surface area (Å²) in [4.78, 5) is 0. The van der Waals surface area contributed by atoms with Crippen LogP contribution in [0.3, 0.4) is 0 Å². The monoisotopic (exact) mass is 149 g/mol. The molecule has 4 heteroatoms. The Morgan fingerprint density at radius 3 is 2.62 bits per heavy atom. The fourth-order valence-electron chi connectivity index (χ4n) is 0.377. The predicted molar refractivity (Wildman–Crippen MR) is 32.6 cm³/mol. The third-order valence-corrected chi connectivity index (χ3v) is 2.17. The lowest BCUT2D eigenvalue weighted by Gasteiger charge is -1.72. The van der Waals surface area contributed by atoms with Gasteiger partial charge in [-0.3, -0.25) is 0 Å². The lowest BCUT2D eigenvalue weighted by Crippen LogP contribution is -1.61. The molecule has 1 aromatic heterocycles. The number of aromatic nitrogens is 1. The van der Waals surface area contributed by atoms with E-state index in [0.29, 0.717) is 5.15 Å². The number of aryl methyl sites for hydroxylation is 1. The third kappa shape index (κ3) is 0.992. The highest BCUT2D eigenvalue weighted by atomic mass is 35.5. The zero-order chi connectivity index (χ0) is 6.15. The Bertz CT molecular complexity index is 178. The van der Waals surface area contributed by atoms with Crippen LogP contribution in [-0.4, -0.2) is 8.93 Å². The van der Waals surface area contributed by atoms with Crippen LogP contribution in [0.2, 0.25) is 5.15 Å². The molecule has 1 rings (SSSR count). The van der Waals surface area contributed by atoms with Crippen LogP contribution in [0.5, 0.6) is 0 Å². The highest BCUT2D eigenvalue weighted by Gasteiger charge is 2.03. The number of hydrogen-bond acceptors (Lipinski definition) is 2. The molecule has 0 aliphatic heterocycles. The molecular weight excluding hydrogens is 146 g/mol. The van der Waals surface area contributed by atoms with Gasteiger partial charge in [0.2, 0.25) is 0 Å². The summed E-state index contributed by atoms with van der Waals surface area (Å²) in [6.45, 7) is 1.77. The summed E-state index contributed by atoms with van der Waals surface area (Å²) in [5, 5.41) is 1.88. The molecule has 0 spiro atoms. The van der Waals surface area contributed by atoms with E-state index in [1.54, 1.807) is 6.92 Å². The molecule has 0 saturated heterocycles. The molecule has 8 heavy (non-hydrogen) atoms. The van der Waals surface area contributed by atoms with Gasteiger partial charge in [-0.25, -0.2) is 0 Å². The van der Waals surface area contributed by atoms with E-state index in [1.165, 1.54) is 5.38 Å². The van der Waals surface area contributed by atoms with Gasteiger partial charge in [0.1, 0.15) is 0 Å². The van der Waals surface area contributed by atoms with E-state index in [4.69, 9.17) is 11.6 Å². The average molecular weight is 150 g/mol. The van der Waals surface area contributed by atoms with E-state index in [2.05, 4.69) is 4.37 Å². The molecular formula is C4H4ClNOS. The highest BCUT2D eigenvalue weighted by molar-refractivity contribution is 7.18. The minimum Gasteiger partial charge on any atom is -0.569 e. The van der Waals surface area contributed by atoms with Gasteiger partial charge in [-0.1, -0.05) is 11.6 Å². The Kier molecular flexibility index (Phi) is 1.51. The van der Waals surface area contributed by atoms with E-state index >= 15 is 0 Å². The van der Waals surface area contributed by atoms with Crippen molar-refractivity contribution in [1.29, 1.82) is 0 Å². The summed E-state index contributed by atoms with van der Waals surface area (Å²) in [6, 6.07) is 0. The molecule has 44 valence electrons. The Morgan fingerprint density at radius 2 is 2.50 bits per heavy atom. The molecule has 0 radical (unpaired) electrons. The molecule has 0 saturated carbocycles. The van der Waals surface area contributed by atoms with Crippen LogP contribution in [0.25, 0.3) is 0 Å². The van der Waals surface area contributed by atoms with Crippen molar-refractivity contribution in [3.05, 3.63) is 16.1 Å². The van der Waals surface area contributed by atoms with E-state index in [9.17, 15) is 4.55 Å². The van der Waals surface area contributed by atoms with Gasteiger partial charge < -0.3 is 4.55 Å². The Balaban J connectivity index is 3.14. The van der Waals surface area contributed by atoms with Gasteiger partial charge in [-0.2, -0.15) is 0 Å². The average Bonchev–Trinajstić information content (AvgIpc) is 1.85. The first-order valence-corrected chi connectivity index (χ1v) is 3.58.